The molecule has 20 heavy (non-hydrogen) atoms. The summed E-state index contributed by atoms with van der Waals surface area (Å²) in [6.07, 6.45) is 2.48. The highest BCUT2D eigenvalue weighted by Gasteiger charge is 2.23. The number of nitrogens with zero attached hydrogens (tertiary/aromatic N) is 3. The van der Waals surface area contributed by atoms with E-state index in [0.29, 0.717) is 6.04 Å². The van der Waals surface area contributed by atoms with Crippen molar-refractivity contribution >= 4 is 15.8 Å². The van der Waals surface area contributed by atoms with Crippen molar-refractivity contribution in [2.75, 3.05) is 38.6 Å². The lowest BCUT2D eigenvalue weighted by Crippen LogP contribution is -2.51. The van der Waals surface area contributed by atoms with Gasteiger partial charge in [0.1, 0.15) is 10.7 Å². The molecule has 0 amide bonds. The lowest BCUT2D eigenvalue weighted by Gasteiger charge is -2.36. The maximum Gasteiger partial charge on any atom is 0.244 e. The van der Waals surface area contributed by atoms with E-state index in [2.05, 4.69) is 22.1 Å². The Morgan fingerprint density at radius 1 is 1.45 bits per heavy atom. The van der Waals surface area contributed by atoms with E-state index in [1.807, 2.05) is 0 Å². The van der Waals surface area contributed by atoms with Crippen molar-refractivity contribution < 1.29 is 8.42 Å². The van der Waals surface area contributed by atoms with E-state index < -0.39 is 10.0 Å². The molecule has 2 heterocycles. The van der Waals surface area contributed by atoms with Crippen LogP contribution < -0.4 is 10.2 Å². The first-order valence-corrected chi connectivity index (χ1v) is 8.26. The molecule has 1 fully saturated rings. The van der Waals surface area contributed by atoms with Crippen LogP contribution in [0.5, 0.6) is 0 Å². The molecule has 1 aromatic rings. The van der Waals surface area contributed by atoms with Gasteiger partial charge in [-0.1, -0.05) is 6.92 Å². The first kappa shape index (κ1) is 15.2. The van der Waals surface area contributed by atoms with Gasteiger partial charge < -0.3 is 10.2 Å². The molecule has 0 saturated carbocycles. The highest BCUT2D eigenvalue weighted by atomic mass is 32.2. The number of hydrogen-bond acceptors (Lipinski definition) is 5. The molecule has 0 aromatic carbocycles. The zero-order valence-electron chi connectivity index (χ0n) is 12.2. The van der Waals surface area contributed by atoms with Gasteiger partial charge in [-0.3, -0.25) is 0 Å². The van der Waals surface area contributed by atoms with Gasteiger partial charge in [-0.05, 0) is 18.6 Å². The summed E-state index contributed by atoms with van der Waals surface area (Å²) in [6, 6.07) is 3.84. The van der Waals surface area contributed by atoms with Gasteiger partial charge in [0.2, 0.25) is 10.0 Å². The summed E-state index contributed by atoms with van der Waals surface area (Å²) in [7, 11) is -0.362. The number of pyridine rings is 1. The summed E-state index contributed by atoms with van der Waals surface area (Å²) in [4.78, 5) is 6.81. The number of rotatable bonds is 4. The topological polar surface area (TPSA) is 65.5 Å². The number of nitrogens with one attached hydrogen (secondary N) is 1. The summed E-state index contributed by atoms with van der Waals surface area (Å²) in [6.45, 7) is 4.91. The summed E-state index contributed by atoms with van der Waals surface area (Å²) in [5.41, 5.74) is 0. The van der Waals surface area contributed by atoms with Crippen molar-refractivity contribution in [2.24, 2.45) is 0 Å². The van der Waals surface area contributed by atoms with Crippen LogP contribution >= 0.6 is 0 Å². The fourth-order valence-corrected chi connectivity index (χ4v) is 3.18. The fraction of sp³-hybridized carbons (Fsp3) is 0.615. The third kappa shape index (κ3) is 2.94. The minimum Gasteiger partial charge on any atom is -0.351 e. The molecule has 0 aliphatic carbocycles. The molecule has 7 heteroatoms. The molecule has 2 rings (SSSR count). The monoisotopic (exact) mass is 298 g/mol. The van der Waals surface area contributed by atoms with Crippen molar-refractivity contribution in [3.05, 3.63) is 18.3 Å². The normalized spacial score (nSPS) is 20.4. The average molecular weight is 298 g/mol. The molecule has 1 unspecified atom stereocenters. The van der Waals surface area contributed by atoms with Gasteiger partial charge in [-0.25, -0.2) is 17.7 Å². The molecule has 112 valence electrons. The summed E-state index contributed by atoms with van der Waals surface area (Å²) < 4.78 is 25.2. The molecule has 1 saturated heterocycles. The van der Waals surface area contributed by atoms with Gasteiger partial charge in [0.05, 0.1) is 0 Å². The smallest absolute Gasteiger partial charge is 0.244 e. The Kier molecular flexibility index (Phi) is 4.62. The second kappa shape index (κ2) is 6.07. The third-order valence-corrected chi connectivity index (χ3v) is 5.41. The Morgan fingerprint density at radius 3 is 2.75 bits per heavy atom. The SMILES string of the molecule is CCC1CNCCN1c1ccc(S(=O)(=O)N(C)C)cn1. The second-order valence-corrected chi connectivity index (χ2v) is 7.25. The van der Waals surface area contributed by atoms with Crippen molar-refractivity contribution in [2.45, 2.75) is 24.3 Å². The maximum atomic E-state index is 12.0. The molecule has 1 aromatic heterocycles. The Balaban J connectivity index is 2.24. The van der Waals surface area contributed by atoms with Crippen LogP contribution in [-0.2, 0) is 10.0 Å². The quantitative estimate of drug-likeness (QED) is 0.878. The lowest BCUT2D eigenvalue weighted by molar-refractivity contribution is 0.463. The van der Waals surface area contributed by atoms with Crippen LogP contribution in [0.2, 0.25) is 0 Å². The van der Waals surface area contributed by atoms with E-state index >= 15 is 0 Å². The van der Waals surface area contributed by atoms with E-state index in [-0.39, 0.29) is 4.90 Å². The zero-order valence-corrected chi connectivity index (χ0v) is 13.0. The number of hydrogen-bond donors (Lipinski definition) is 1. The summed E-state index contributed by atoms with van der Waals surface area (Å²) >= 11 is 0. The van der Waals surface area contributed by atoms with Gasteiger partial charge in [0.15, 0.2) is 0 Å². The average Bonchev–Trinajstić information content (AvgIpc) is 2.47. The van der Waals surface area contributed by atoms with E-state index in [0.717, 1.165) is 31.9 Å². The molecule has 1 aliphatic heterocycles. The van der Waals surface area contributed by atoms with Crippen LogP contribution in [0, 0.1) is 0 Å². The lowest BCUT2D eigenvalue weighted by atomic mass is 10.1. The second-order valence-electron chi connectivity index (χ2n) is 5.10. The molecule has 6 nitrogen and oxygen atoms in total. The van der Waals surface area contributed by atoms with Gasteiger partial charge in [-0.2, -0.15) is 0 Å². The van der Waals surface area contributed by atoms with Gasteiger partial charge in [0, 0.05) is 46.0 Å². The van der Waals surface area contributed by atoms with Crippen LogP contribution in [0.3, 0.4) is 0 Å². The number of piperazine rings is 1. The predicted molar refractivity (Wildman–Crippen MR) is 79.4 cm³/mol. The highest BCUT2D eigenvalue weighted by molar-refractivity contribution is 7.89. The zero-order chi connectivity index (χ0) is 14.8. The molecule has 1 atom stereocenters. The molecule has 1 N–H and O–H groups in total. The predicted octanol–water partition coefficient (Wildman–Crippen LogP) is 0.520. The first-order valence-electron chi connectivity index (χ1n) is 6.82. The van der Waals surface area contributed by atoms with Crippen LogP contribution in [0.1, 0.15) is 13.3 Å². The standard InChI is InChI=1S/C13H22N4O2S/c1-4-11-9-14-7-8-17(11)13-6-5-12(10-15-13)20(18,19)16(2)3/h5-6,10-11,14H,4,7-9H2,1-3H3. The third-order valence-electron chi connectivity index (χ3n) is 3.62. The molecular formula is C13H22N4O2S. The van der Waals surface area contributed by atoms with Crippen molar-refractivity contribution in [1.82, 2.24) is 14.6 Å². The Labute approximate surface area is 120 Å². The van der Waals surface area contributed by atoms with Crippen molar-refractivity contribution in [3.8, 4) is 0 Å². The summed E-state index contributed by atoms with van der Waals surface area (Å²) in [5.74, 6) is 0.844. The van der Waals surface area contributed by atoms with Crippen LogP contribution in [0.4, 0.5) is 5.82 Å². The van der Waals surface area contributed by atoms with Gasteiger partial charge >= 0.3 is 0 Å². The van der Waals surface area contributed by atoms with Crippen LogP contribution in [0.25, 0.3) is 0 Å². The molecule has 0 spiro atoms. The largest absolute Gasteiger partial charge is 0.351 e. The van der Waals surface area contributed by atoms with E-state index in [1.165, 1.54) is 24.6 Å². The minimum absolute atomic E-state index is 0.231. The van der Waals surface area contributed by atoms with Gasteiger partial charge in [0.25, 0.3) is 0 Å². The van der Waals surface area contributed by atoms with Crippen molar-refractivity contribution in [1.29, 1.82) is 0 Å². The first-order chi connectivity index (χ1) is 9.46. The van der Waals surface area contributed by atoms with E-state index in [9.17, 15) is 8.42 Å². The molecule has 1 aliphatic rings. The van der Waals surface area contributed by atoms with Crippen LogP contribution in [-0.4, -0.2) is 57.5 Å². The minimum atomic E-state index is -3.40. The molecular weight excluding hydrogens is 276 g/mol. The number of sulfonamides is 1. The Morgan fingerprint density at radius 2 is 2.20 bits per heavy atom. The summed E-state index contributed by atoms with van der Waals surface area (Å²) in [5, 5.41) is 3.36. The van der Waals surface area contributed by atoms with Crippen LogP contribution in [0.15, 0.2) is 23.2 Å². The fourth-order valence-electron chi connectivity index (χ4n) is 2.33. The number of aromatic nitrogens is 1. The van der Waals surface area contributed by atoms with Gasteiger partial charge in [-0.15, -0.1) is 0 Å². The Bertz CT molecular complexity index is 542. The van der Waals surface area contributed by atoms with Crippen molar-refractivity contribution in [3.63, 3.8) is 0 Å². The molecule has 0 radical (unpaired) electrons. The van der Waals surface area contributed by atoms with E-state index in [1.54, 1.807) is 12.1 Å². The van der Waals surface area contributed by atoms with E-state index in [4.69, 9.17) is 0 Å². The highest BCUT2D eigenvalue weighted by Crippen LogP contribution is 2.20. The maximum absolute atomic E-state index is 12.0. The molecule has 0 bridgehead atoms. The Hall–Kier alpha value is -1.18. The number of anilines is 1.